The first-order valence-corrected chi connectivity index (χ1v) is 7.98. The Morgan fingerprint density at radius 1 is 1.27 bits per heavy atom. The Morgan fingerprint density at radius 2 is 2.09 bits per heavy atom. The first-order chi connectivity index (χ1) is 10.7. The van der Waals surface area contributed by atoms with E-state index in [2.05, 4.69) is 23.5 Å². The van der Waals surface area contributed by atoms with E-state index in [-0.39, 0.29) is 6.54 Å². The van der Waals surface area contributed by atoms with E-state index < -0.39 is 5.97 Å². The van der Waals surface area contributed by atoms with Crippen LogP contribution in [0.2, 0.25) is 0 Å². The number of hydrogen-bond acceptors (Lipinski definition) is 4. The van der Waals surface area contributed by atoms with Crippen LogP contribution in [0.1, 0.15) is 55.7 Å². The molecule has 5 heteroatoms. The number of nitrogens with zero attached hydrogens (tertiary/aromatic N) is 1. The molecule has 2 rings (SSSR count). The fourth-order valence-corrected chi connectivity index (χ4v) is 2.95. The molecule has 22 heavy (non-hydrogen) atoms. The molecule has 0 aliphatic heterocycles. The zero-order valence-electron chi connectivity index (χ0n) is 13.1. The zero-order valence-corrected chi connectivity index (χ0v) is 13.1. The summed E-state index contributed by atoms with van der Waals surface area (Å²) < 4.78 is 0. The summed E-state index contributed by atoms with van der Waals surface area (Å²) in [6.07, 6.45) is 7.29. The molecule has 1 aliphatic rings. The van der Waals surface area contributed by atoms with Crippen molar-refractivity contribution >= 4 is 17.4 Å². The molecule has 1 aromatic carbocycles. The van der Waals surface area contributed by atoms with Crippen LogP contribution in [0.3, 0.4) is 0 Å². The van der Waals surface area contributed by atoms with Crippen LogP contribution < -0.4 is 5.32 Å². The molecule has 0 saturated heterocycles. The second-order valence-corrected chi connectivity index (χ2v) is 5.77. The molecule has 120 valence electrons. The van der Waals surface area contributed by atoms with E-state index in [9.17, 15) is 4.79 Å². The summed E-state index contributed by atoms with van der Waals surface area (Å²) in [5.74, 6) is -0.881. The molecule has 0 unspecified atom stereocenters. The number of aryl methyl sites for hydroxylation is 2. The SMILES string of the molecule is CCCCCCc1cc2c(cc1NCC(=O)O)/C(=N/O)CC2. The molecule has 0 fully saturated rings. The van der Waals surface area contributed by atoms with Crippen molar-refractivity contribution in [3.8, 4) is 0 Å². The predicted octanol–water partition coefficient (Wildman–Crippen LogP) is 3.43. The molecule has 0 bridgehead atoms. The zero-order chi connectivity index (χ0) is 15.9. The third-order valence-electron chi connectivity index (χ3n) is 4.12. The summed E-state index contributed by atoms with van der Waals surface area (Å²) in [5.41, 5.74) is 4.83. The number of rotatable bonds is 8. The molecule has 5 nitrogen and oxygen atoms in total. The largest absolute Gasteiger partial charge is 0.480 e. The van der Waals surface area contributed by atoms with Crippen LogP contribution in [0, 0.1) is 0 Å². The molecule has 0 radical (unpaired) electrons. The average Bonchev–Trinajstić information content (AvgIpc) is 2.90. The Hall–Kier alpha value is -2.04. The van der Waals surface area contributed by atoms with E-state index in [1.165, 1.54) is 24.8 Å². The van der Waals surface area contributed by atoms with Gasteiger partial charge in [0.2, 0.25) is 0 Å². The van der Waals surface area contributed by atoms with E-state index in [0.717, 1.165) is 42.5 Å². The van der Waals surface area contributed by atoms with Gasteiger partial charge in [-0.1, -0.05) is 37.4 Å². The Bertz CT molecular complexity index is 567. The summed E-state index contributed by atoms with van der Waals surface area (Å²) >= 11 is 0. The van der Waals surface area contributed by atoms with Crippen LogP contribution in [0.5, 0.6) is 0 Å². The van der Waals surface area contributed by atoms with Gasteiger partial charge in [0.1, 0.15) is 6.54 Å². The molecule has 1 aromatic rings. The number of carboxylic acid groups (broad SMARTS) is 1. The van der Waals surface area contributed by atoms with Gasteiger partial charge in [0.05, 0.1) is 5.71 Å². The van der Waals surface area contributed by atoms with Gasteiger partial charge < -0.3 is 15.6 Å². The molecule has 0 heterocycles. The van der Waals surface area contributed by atoms with Gasteiger partial charge in [0.15, 0.2) is 0 Å². The number of oxime groups is 1. The first-order valence-electron chi connectivity index (χ1n) is 7.98. The number of fused-ring (bicyclic) bond motifs is 1. The van der Waals surface area contributed by atoms with E-state index in [4.69, 9.17) is 10.3 Å². The Labute approximate surface area is 131 Å². The van der Waals surface area contributed by atoms with E-state index >= 15 is 0 Å². The number of aliphatic carboxylic acids is 1. The molecule has 0 aromatic heterocycles. The fraction of sp³-hybridized carbons (Fsp3) is 0.529. The summed E-state index contributed by atoms with van der Waals surface area (Å²) in [6, 6.07) is 4.08. The Kier molecular flexibility index (Phi) is 5.81. The maximum Gasteiger partial charge on any atom is 0.322 e. The lowest BCUT2D eigenvalue weighted by Gasteiger charge is -2.14. The van der Waals surface area contributed by atoms with Crippen LogP contribution in [0.15, 0.2) is 17.3 Å². The van der Waals surface area contributed by atoms with Crippen LogP contribution in [0.25, 0.3) is 0 Å². The van der Waals surface area contributed by atoms with Gasteiger partial charge in [-0.2, -0.15) is 0 Å². The maximum atomic E-state index is 10.8. The minimum Gasteiger partial charge on any atom is -0.480 e. The minimum absolute atomic E-state index is 0.105. The van der Waals surface area contributed by atoms with Crippen LogP contribution in [-0.4, -0.2) is 28.5 Å². The summed E-state index contributed by atoms with van der Waals surface area (Å²) in [7, 11) is 0. The van der Waals surface area contributed by atoms with E-state index in [1.807, 2.05) is 6.07 Å². The van der Waals surface area contributed by atoms with Gasteiger partial charge in [-0.3, -0.25) is 4.79 Å². The molecular weight excluding hydrogens is 280 g/mol. The smallest absolute Gasteiger partial charge is 0.322 e. The highest BCUT2D eigenvalue weighted by Gasteiger charge is 2.20. The third kappa shape index (κ3) is 4.00. The second-order valence-electron chi connectivity index (χ2n) is 5.77. The standard InChI is InChI=1S/C17H24N2O3/c1-2-3-4-5-6-13-9-12-7-8-15(19-22)14(12)10-16(13)18-11-17(20)21/h9-10,18,22H,2-8,11H2,1H3,(H,20,21)/b19-15+. The van der Waals surface area contributed by atoms with Crippen LogP contribution in [-0.2, 0) is 17.6 Å². The van der Waals surface area contributed by atoms with Crippen molar-refractivity contribution in [2.45, 2.75) is 51.9 Å². The quantitative estimate of drug-likeness (QED) is 0.390. The third-order valence-corrected chi connectivity index (χ3v) is 4.12. The average molecular weight is 304 g/mol. The van der Waals surface area contributed by atoms with Gasteiger partial charge in [-0.15, -0.1) is 0 Å². The van der Waals surface area contributed by atoms with Gasteiger partial charge in [-0.25, -0.2) is 0 Å². The number of carboxylic acids is 1. The van der Waals surface area contributed by atoms with E-state index in [1.54, 1.807) is 0 Å². The molecule has 0 atom stereocenters. The first kappa shape index (κ1) is 16.3. The topological polar surface area (TPSA) is 81.9 Å². The van der Waals surface area contributed by atoms with Crippen molar-refractivity contribution in [2.75, 3.05) is 11.9 Å². The highest BCUT2D eigenvalue weighted by atomic mass is 16.4. The fourth-order valence-electron chi connectivity index (χ4n) is 2.95. The van der Waals surface area contributed by atoms with Gasteiger partial charge in [0, 0.05) is 11.3 Å². The monoisotopic (exact) mass is 304 g/mol. The Morgan fingerprint density at radius 3 is 2.77 bits per heavy atom. The van der Waals surface area contributed by atoms with E-state index in [0.29, 0.717) is 5.71 Å². The highest BCUT2D eigenvalue weighted by Crippen LogP contribution is 2.30. The summed E-state index contributed by atoms with van der Waals surface area (Å²) in [6.45, 7) is 2.08. The summed E-state index contributed by atoms with van der Waals surface area (Å²) in [4.78, 5) is 10.8. The Balaban J connectivity index is 2.20. The molecule has 0 spiro atoms. The number of hydrogen-bond donors (Lipinski definition) is 3. The van der Waals surface area contributed by atoms with Crippen molar-refractivity contribution in [3.63, 3.8) is 0 Å². The highest BCUT2D eigenvalue weighted by molar-refractivity contribution is 6.05. The number of unbranched alkanes of at least 4 members (excludes halogenated alkanes) is 3. The predicted molar refractivity (Wildman–Crippen MR) is 87.1 cm³/mol. The number of benzene rings is 1. The van der Waals surface area contributed by atoms with Gasteiger partial charge in [0.25, 0.3) is 0 Å². The maximum absolute atomic E-state index is 10.8. The van der Waals surface area contributed by atoms with Crippen molar-refractivity contribution < 1.29 is 15.1 Å². The molecule has 0 saturated carbocycles. The van der Waals surface area contributed by atoms with Crippen LogP contribution >= 0.6 is 0 Å². The van der Waals surface area contributed by atoms with Crippen molar-refractivity contribution in [2.24, 2.45) is 5.16 Å². The van der Waals surface area contributed by atoms with Gasteiger partial charge >= 0.3 is 5.97 Å². The van der Waals surface area contributed by atoms with Crippen molar-refractivity contribution in [3.05, 3.63) is 28.8 Å². The number of anilines is 1. The molecule has 3 N–H and O–H groups in total. The van der Waals surface area contributed by atoms with Gasteiger partial charge in [-0.05, 0) is 42.9 Å². The van der Waals surface area contributed by atoms with Crippen molar-refractivity contribution in [1.82, 2.24) is 0 Å². The normalized spacial score (nSPS) is 15.0. The second kappa shape index (κ2) is 7.82. The molecule has 0 amide bonds. The van der Waals surface area contributed by atoms with Crippen LogP contribution in [0.4, 0.5) is 5.69 Å². The lowest BCUT2D eigenvalue weighted by atomic mass is 9.99. The lowest BCUT2D eigenvalue weighted by Crippen LogP contribution is -2.14. The summed E-state index contributed by atoms with van der Waals surface area (Å²) in [5, 5.41) is 24.3. The molecule has 1 aliphatic carbocycles. The minimum atomic E-state index is -0.881. The van der Waals surface area contributed by atoms with Crippen molar-refractivity contribution in [1.29, 1.82) is 0 Å². The lowest BCUT2D eigenvalue weighted by molar-refractivity contribution is -0.134. The number of carbonyl (C=O) groups is 1. The number of nitrogens with one attached hydrogen (secondary N) is 1. The molecular formula is C17H24N2O3.